The van der Waals surface area contributed by atoms with Crippen molar-refractivity contribution >= 4 is 0 Å². The standard InChI is InChI=1S/C11H18N4/c12-15-10(9-5-2-1-3-6-9)11-13-7-4-8-14-11/h4,7-10,15H,1-3,5-6,12H2. The zero-order valence-corrected chi connectivity index (χ0v) is 8.89. The van der Waals surface area contributed by atoms with Crippen LogP contribution in [-0.4, -0.2) is 9.97 Å². The molecule has 1 heterocycles. The molecule has 1 unspecified atom stereocenters. The van der Waals surface area contributed by atoms with E-state index >= 15 is 0 Å². The Balaban J connectivity index is 2.09. The van der Waals surface area contributed by atoms with Crippen LogP contribution in [-0.2, 0) is 0 Å². The second-order valence-corrected chi connectivity index (χ2v) is 4.15. The molecule has 0 amide bonds. The molecular weight excluding hydrogens is 188 g/mol. The van der Waals surface area contributed by atoms with E-state index in [9.17, 15) is 0 Å². The lowest BCUT2D eigenvalue weighted by Gasteiger charge is -2.28. The maximum absolute atomic E-state index is 5.61. The van der Waals surface area contributed by atoms with Gasteiger partial charge in [-0.2, -0.15) is 0 Å². The molecule has 15 heavy (non-hydrogen) atoms. The van der Waals surface area contributed by atoms with Gasteiger partial charge in [0.1, 0.15) is 5.82 Å². The van der Waals surface area contributed by atoms with Crippen molar-refractivity contribution in [1.29, 1.82) is 0 Å². The molecule has 0 aromatic carbocycles. The van der Waals surface area contributed by atoms with Gasteiger partial charge in [0.05, 0.1) is 6.04 Å². The molecule has 0 saturated heterocycles. The predicted molar refractivity (Wildman–Crippen MR) is 58.7 cm³/mol. The van der Waals surface area contributed by atoms with Gasteiger partial charge < -0.3 is 0 Å². The van der Waals surface area contributed by atoms with Gasteiger partial charge in [0.2, 0.25) is 0 Å². The van der Waals surface area contributed by atoms with E-state index in [2.05, 4.69) is 15.4 Å². The molecule has 0 spiro atoms. The number of rotatable bonds is 3. The van der Waals surface area contributed by atoms with Gasteiger partial charge >= 0.3 is 0 Å². The number of hydrogen-bond donors (Lipinski definition) is 2. The maximum atomic E-state index is 5.61. The molecule has 1 aromatic heterocycles. The van der Waals surface area contributed by atoms with Crippen molar-refractivity contribution in [3.8, 4) is 0 Å². The van der Waals surface area contributed by atoms with Crippen LogP contribution in [0.5, 0.6) is 0 Å². The quantitative estimate of drug-likeness (QED) is 0.582. The highest BCUT2D eigenvalue weighted by Gasteiger charge is 2.25. The molecular formula is C11H18N4. The Kier molecular flexibility index (Phi) is 3.64. The average Bonchev–Trinajstić information content (AvgIpc) is 2.33. The SMILES string of the molecule is NNC(c1ncccn1)C1CCCCC1. The fourth-order valence-corrected chi connectivity index (χ4v) is 2.36. The summed E-state index contributed by atoms with van der Waals surface area (Å²) in [7, 11) is 0. The summed E-state index contributed by atoms with van der Waals surface area (Å²) in [5.41, 5.74) is 2.86. The van der Waals surface area contributed by atoms with E-state index in [0.717, 1.165) is 5.82 Å². The first kappa shape index (κ1) is 10.5. The third-order valence-electron chi connectivity index (χ3n) is 3.16. The number of hydrogen-bond acceptors (Lipinski definition) is 4. The molecule has 0 aliphatic heterocycles. The van der Waals surface area contributed by atoms with E-state index in [1.54, 1.807) is 12.4 Å². The third-order valence-corrected chi connectivity index (χ3v) is 3.16. The van der Waals surface area contributed by atoms with Crippen molar-refractivity contribution in [2.45, 2.75) is 38.1 Å². The summed E-state index contributed by atoms with van der Waals surface area (Å²) in [4.78, 5) is 8.54. The van der Waals surface area contributed by atoms with E-state index in [1.807, 2.05) is 6.07 Å². The van der Waals surface area contributed by atoms with Gasteiger partial charge in [0.15, 0.2) is 0 Å². The molecule has 0 bridgehead atoms. The van der Waals surface area contributed by atoms with Crippen LogP contribution in [0.1, 0.15) is 44.0 Å². The van der Waals surface area contributed by atoms with Crippen molar-refractivity contribution in [2.75, 3.05) is 0 Å². The molecule has 2 rings (SSSR count). The highest BCUT2D eigenvalue weighted by molar-refractivity contribution is 4.98. The fraction of sp³-hybridized carbons (Fsp3) is 0.636. The molecule has 82 valence electrons. The zero-order valence-electron chi connectivity index (χ0n) is 8.89. The number of hydrazine groups is 1. The topological polar surface area (TPSA) is 63.8 Å². The van der Waals surface area contributed by atoms with Gasteiger partial charge in [-0.05, 0) is 24.8 Å². The smallest absolute Gasteiger partial charge is 0.146 e. The van der Waals surface area contributed by atoms with E-state index < -0.39 is 0 Å². The van der Waals surface area contributed by atoms with Crippen molar-refractivity contribution in [3.63, 3.8) is 0 Å². The Morgan fingerprint density at radius 1 is 1.20 bits per heavy atom. The first-order valence-electron chi connectivity index (χ1n) is 5.65. The second kappa shape index (κ2) is 5.19. The van der Waals surface area contributed by atoms with Crippen LogP contribution >= 0.6 is 0 Å². The Morgan fingerprint density at radius 2 is 1.87 bits per heavy atom. The van der Waals surface area contributed by atoms with Crippen LogP contribution in [0.3, 0.4) is 0 Å². The average molecular weight is 206 g/mol. The van der Waals surface area contributed by atoms with Gasteiger partial charge in [-0.15, -0.1) is 0 Å². The molecule has 4 heteroatoms. The molecule has 4 nitrogen and oxygen atoms in total. The lowest BCUT2D eigenvalue weighted by molar-refractivity contribution is 0.265. The van der Waals surface area contributed by atoms with Gasteiger partial charge in [-0.3, -0.25) is 5.84 Å². The maximum Gasteiger partial charge on any atom is 0.146 e. The van der Waals surface area contributed by atoms with Crippen molar-refractivity contribution < 1.29 is 0 Å². The predicted octanol–water partition coefficient (Wildman–Crippen LogP) is 1.56. The van der Waals surface area contributed by atoms with Gasteiger partial charge in [-0.25, -0.2) is 15.4 Å². The van der Waals surface area contributed by atoms with E-state index in [0.29, 0.717) is 5.92 Å². The van der Waals surface area contributed by atoms with Crippen LogP contribution in [0.15, 0.2) is 18.5 Å². The van der Waals surface area contributed by atoms with E-state index in [1.165, 1.54) is 32.1 Å². The Morgan fingerprint density at radius 3 is 2.47 bits per heavy atom. The van der Waals surface area contributed by atoms with Crippen molar-refractivity contribution in [2.24, 2.45) is 11.8 Å². The minimum absolute atomic E-state index is 0.117. The third kappa shape index (κ3) is 2.52. The molecule has 3 N–H and O–H groups in total. The second-order valence-electron chi connectivity index (χ2n) is 4.15. The van der Waals surface area contributed by atoms with Crippen LogP contribution in [0.25, 0.3) is 0 Å². The van der Waals surface area contributed by atoms with Crippen LogP contribution < -0.4 is 11.3 Å². The van der Waals surface area contributed by atoms with Crippen LogP contribution in [0, 0.1) is 5.92 Å². The molecule has 0 radical (unpaired) electrons. The monoisotopic (exact) mass is 206 g/mol. The summed E-state index contributed by atoms with van der Waals surface area (Å²) >= 11 is 0. The molecule has 1 atom stereocenters. The lowest BCUT2D eigenvalue weighted by atomic mass is 9.84. The Labute approximate surface area is 90.3 Å². The first-order valence-corrected chi connectivity index (χ1v) is 5.65. The van der Waals surface area contributed by atoms with E-state index in [4.69, 9.17) is 5.84 Å². The molecule has 1 aromatic rings. The normalized spacial score (nSPS) is 20.1. The highest BCUT2D eigenvalue weighted by Crippen LogP contribution is 2.32. The molecule has 1 saturated carbocycles. The number of nitrogens with one attached hydrogen (secondary N) is 1. The van der Waals surface area contributed by atoms with Crippen molar-refractivity contribution in [1.82, 2.24) is 15.4 Å². The first-order chi connectivity index (χ1) is 7.42. The summed E-state index contributed by atoms with van der Waals surface area (Å²) in [6.45, 7) is 0. The molecule has 1 aliphatic carbocycles. The number of nitrogens with two attached hydrogens (primary N) is 1. The Hall–Kier alpha value is -1.00. The van der Waals surface area contributed by atoms with Crippen LogP contribution in [0.4, 0.5) is 0 Å². The zero-order chi connectivity index (χ0) is 10.5. The minimum atomic E-state index is 0.117. The fourth-order valence-electron chi connectivity index (χ4n) is 2.36. The molecule has 1 fully saturated rings. The van der Waals surface area contributed by atoms with Gasteiger partial charge in [0, 0.05) is 12.4 Å². The summed E-state index contributed by atoms with van der Waals surface area (Å²) in [5, 5.41) is 0. The van der Waals surface area contributed by atoms with Gasteiger partial charge in [-0.1, -0.05) is 19.3 Å². The molecule has 1 aliphatic rings. The van der Waals surface area contributed by atoms with Crippen LogP contribution in [0.2, 0.25) is 0 Å². The summed E-state index contributed by atoms with van der Waals surface area (Å²) in [6.07, 6.45) is 9.96. The highest BCUT2D eigenvalue weighted by atomic mass is 15.2. The van der Waals surface area contributed by atoms with Crippen molar-refractivity contribution in [3.05, 3.63) is 24.3 Å². The number of nitrogens with zero attached hydrogens (tertiary/aromatic N) is 2. The minimum Gasteiger partial charge on any atom is -0.271 e. The summed E-state index contributed by atoms with van der Waals surface area (Å²) in [6, 6.07) is 1.95. The summed E-state index contributed by atoms with van der Waals surface area (Å²) in [5.74, 6) is 7.02. The Bertz CT molecular complexity index is 282. The lowest BCUT2D eigenvalue weighted by Crippen LogP contribution is -2.35. The largest absolute Gasteiger partial charge is 0.271 e. The van der Waals surface area contributed by atoms with E-state index in [-0.39, 0.29) is 6.04 Å². The van der Waals surface area contributed by atoms with Gasteiger partial charge in [0.25, 0.3) is 0 Å². The summed E-state index contributed by atoms with van der Waals surface area (Å²) < 4.78 is 0. The number of aromatic nitrogens is 2.